The number of fused-ring (bicyclic) bond motifs is 1. The molecule has 3 aromatic rings. The molecule has 2 aliphatic rings. The number of carbonyl (C=O) groups is 2. The molecule has 1 saturated heterocycles. The molecule has 2 atom stereocenters. The third-order valence-electron chi connectivity index (χ3n) is 6.73. The number of imidazole rings is 1. The number of H-pyrrole nitrogens is 1. The minimum absolute atomic E-state index is 0.0133. The van der Waals surface area contributed by atoms with Crippen LogP contribution in [0.5, 0.6) is 17.2 Å². The van der Waals surface area contributed by atoms with Gasteiger partial charge in [-0.25, -0.2) is 4.57 Å². The van der Waals surface area contributed by atoms with Crippen LogP contribution < -0.4 is 14.0 Å². The number of nitrogens with one attached hydrogen (secondary N) is 1. The number of aromatic nitrogens is 2. The van der Waals surface area contributed by atoms with Gasteiger partial charge >= 0.3 is 0 Å². The van der Waals surface area contributed by atoms with Crippen LogP contribution in [0.15, 0.2) is 60.7 Å². The summed E-state index contributed by atoms with van der Waals surface area (Å²) in [5, 5.41) is 21.6. The highest BCUT2D eigenvalue weighted by Crippen LogP contribution is 2.42. The lowest BCUT2D eigenvalue weighted by atomic mass is 9.94. The standard InChI is InChI=1S/C28H29N3O6/c1-3-36-23-15-18(5-7-21(23)32)25-24(26(33)19-6-8-22-20(14-19)13-17(2)37-22)27(34)28(35)31(25)11-4-10-30-12-9-29-16-30/h5-9,12,14-17,25H,3-4,10-11,13H2,1-2H3,(H2,32,33,34)/p+1. The predicted octanol–water partition coefficient (Wildman–Crippen LogP) is 3.24. The summed E-state index contributed by atoms with van der Waals surface area (Å²) in [6.45, 7) is 5.04. The Morgan fingerprint density at radius 2 is 2.08 bits per heavy atom. The first kappa shape index (κ1) is 24.4. The van der Waals surface area contributed by atoms with E-state index in [0.717, 1.165) is 11.3 Å². The van der Waals surface area contributed by atoms with Crippen molar-refractivity contribution in [2.75, 3.05) is 13.2 Å². The lowest BCUT2D eigenvalue weighted by molar-refractivity contribution is -0.695. The summed E-state index contributed by atoms with van der Waals surface area (Å²) in [6.07, 6.45) is 6.83. The number of benzene rings is 2. The molecule has 2 aromatic carbocycles. The number of aromatic amines is 1. The van der Waals surface area contributed by atoms with Crippen LogP contribution in [-0.2, 0) is 22.6 Å². The van der Waals surface area contributed by atoms with Crippen LogP contribution in [0.25, 0.3) is 5.76 Å². The van der Waals surface area contributed by atoms with Crippen LogP contribution in [0.3, 0.4) is 0 Å². The number of Topliss-reactive ketones (excluding diaryl/α,β-unsaturated/α-hetero) is 1. The SMILES string of the molecule is CCOc1cc(C2/C(=C(\O)c3ccc4c(c3)CC(C)O4)C(=O)C(=O)N2CCC[n+]2cc[nH]c2)ccc1O. The summed E-state index contributed by atoms with van der Waals surface area (Å²) in [6, 6.07) is 9.19. The third-order valence-corrected chi connectivity index (χ3v) is 6.73. The highest BCUT2D eigenvalue weighted by molar-refractivity contribution is 6.46. The van der Waals surface area contributed by atoms with Gasteiger partial charge in [0.1, 0.15) is 30.0 Å². The zero-order chi connectivity index (χ0) is 26.1. The average molecular weight is 505 g/mol. The van der Waals surface area contributed by atoms with E-state index in [4.69, 9.17) is 9.47 Å². The number of phenolic OH excluding ortho intramolecular Hbond substituents is 1. The van der Waals surface area contributed by atoms with Gasteiger partial charge in [0.25, 0.3) is 11.7 Å². The van der Waals surface area contributed by atoms with Gasteiger partial charge in [-0.05, 0) is 55.3 Å². The van der Waals surface area contributed by atoms with Crippen molar-refractivity contribution in [2.24, 2.45) is 0 Å². The van der Waals surface area contributed by atoms with Crippen LogP contribution in [0.2, 0.25) is 0 Å². The van der Waals surface area contributed by atoms with Crippen molar-refractivity contribution in [3.8, 4) is 17.2 Å². The number of phenols is 1. The van der Waals surface area contributed by atoms with E-state index < -0.39 is 17.7 Å². The topological polar surface area (TPSA) is 116 Å². The highest BCUT2D eigenvalue weighted by atomic mass is 16.5. The summed E-state index contributed by atoms with van der Waals surface area (Å²) in [5.74, 6) is -0.693. The van der Waals surface area contributed by atoms with Gasteiger partial charge in [-0.1, -0.05) is 6.07 Å². The average Bonchev–Trinajstić information content (AvgIpc) is 3.59. The van der Waals surface area contributed by atoms with Crippen molar-refractivity contribution in [3.05, 3.63) is 77.4 Å². The van der Waals surface area contributed by atoms with E-state index >= 15 is 0 Å². The van der Waals surface area contributed by atoms with Gasteiger partial charge in [-0.3, -0.25) is 14.6 Å². The van der Waals surface area contributed by atoms with E-state index in [0.29, 0.717) is 43.7 Å². The fourth-order valence-corrected chi connectivity index (χ4v) is 5.04. The van der Waals surface area contributed by atoms with Crippen LogP contribution in [0, 0.1) is 0 Å². The maximum Gasteiger partial charge on any atom is 0.295 e. The Labute approximate surface area is 214 Å². The van der Waals surface area contributed by atoms with Crippen molar-refractivity contribution >= 4 is 17.4 Å². The number of aliphatic hydroxyl groups is 1. The Kier molecular flexibility index (Phi) is 6.60. The number of aliphatic hydroxyl groups excluding tert-OH is 1. The van der Waals surface area contributed by atoms with Crippen LogP contribution >= 0.6 is 0 Å². The van der Waals surface area contributed by atoms with Crippen molar-refractivity contribution in [2.45, 2.75) is 45.4 Å². The second kappa shape index (κ2) is 10.0. The zero-order valence-electron chi connectivity index (χ0n) is 20.8. The number of ketones is 1. The number of ether oxygens (including phenoxy) is 2. The Bertz CT molecular complexity index is 1360. The Balaban J connectivity index is 1.56. The molecule has 2 aliphatic heterocycles. The highest BCUT2D eigenvalue weighted by Gasteiger charge is 2.46. The molecule has 37 heavy (non-hydrogen) atoms. The van der Waals surface area contributed by atoms with Crippen molar-refractivity contribution < 1.29 is 33.8 Å². The van der Waals surface area contributed by atoms with Crippen molar-refractivity contribution in [1.29, 1.82) is 0 Å². The molecular formula is C28H30N3O6+. The normalized spacial score (nSPS) is 20.2. The van der Waals surface area contributed by atoms with E-state index in [1.54, 1.807) is 37.4 Å². The molecule has 1 aromatic heterocycles. The lowest BCUT2D eigenvalue weighted by Crippen LogP contribution is -2.36. The first-order valence-electron chi connectivity index (χ1n) is 12.4. The Morgan fingerprint density at radius 3 is 2.84 bits per heavy atom. The molecule has 0 saturated carbocycles. The zero-order valence-corrected chi connectivity index (χ0v) is 20.8. The largest absolute Gasteiger partial charge is 0.507 e. The molecule has 0 radical (unpaired) electrons. The van der Waals surface area contributed by atoms with Gasteiger partial charge in [0.15, 0.2) is 11.5 Å². The molecule has 9 heteroatoms. The van der Waals surface area contributed by atoms with Crippen LogP contribution in [0.1, 0.15) is 43.0 Å². The monoisotopic (exact) mass is 504 g/mol. The number of likely N-dealkylation sites (tertiary alicyclic amines) is 1. The van der Waals surface area contributed by atoms with Gasteiger partial charge in [-0.15, -0.1) is 0 Å². The molecule has 9 nitrogen and oxygen atoms in total. The van der Waals surface area contributed by atoms with E-state index in [-0.39, 0.29) is 28.9 Å². The molecule has 0 bridgehead atoms. The van der Waals surface area contributed by atoms with Gasteiger partial charge in [-0.2, -0.15) is 0 Å². The quantitative estimate of drug-likeness (QED) is 0.188. The molecule has 5 rings (SSSR count). The number of aromatic hydroxyl groups is 1. The third kappa shape index (κ3) is 4.64. The van der Waals surface area contributed by atoms with Gasteiger partial charge in [0.05, 0.1) is 24.8 Å². The molecule has 1 amide bonds. The summed E-state index contributed by atoms with van der Waals surface area (Å²) >= 11 is 0. The van der Waals surface area contributed by atoms with Crippen LogP contribution in [-0.4, -0.2) is 51.0 Å². The Morgan fingerprint density at radius 1 is 1.24 bits per heavy atom. The van der Waals surface area contributed by atoms with Gasteiger partial charge in [0.2, 0.25) is 6.33 Å². The molecule has 2 unspecified atom stereocenters. The summed E-state index contributed by atoms with van der Waals surface area (Å²) in [4.78, 5) is 31.1. The first-order valence-corrected chi connectivity index (χ1v) is 12.4. The lowest BCUT2D eigenvalue weighted by Gasteiger charge is -2.25. The fourth-order valence-electron chi connectivity index (χ4n) is 5.04. The number of aryl methyl sites for hydroxylation is 1. The summed E-state index contributed by atoms with van der Waals surface area (Å²) in [7, 11) is 0. The minimum atomic E-state index is -0.834. The smallest absolute Gasteiger partial charge is 0.295 e. The molecular weight excluding hydrogens is 474 g/mol. The predicted molar refractivity (Wildman–Crippen MR) is 134 cm³/mol. The number of rotatable bonds is 8. The number of hydrogen-bond acceptors (Lipinski definition) is 6. The van der Waals surface area contributed by atoms with E-state index in [9.17, 15) is 19.8 Å². The maximum atomic E-state index is 13.3. The molecule has 1 fully saturated rings. The molecule has 192 valence electrons. The molecule has 0 spiro atoms. The van der Waals surface area contributed by atoms with Crippen molar-refractivity contribution in [3.63, 3.8) is 0 Å². The first-order chi connectivity index (χ1) is 17.9. The van der Waals surface area contributed by atoms with E-state index in [2.05, 4.69) is 4.98 Å². The molecule has 3 N–H and O–H groups in total. The molecule has 0 aliphatic carbocycles. The number of nitrogens with zero attached hydrogens (tertiary/aromatic N) is 2. The summed E-state index contributed by atoms with van der Waals surface area (Å²) < 4.78 is 13.3. The van der Waals surface area contributed by atoms with Gasteiger partial charge < -0.3 is 24.6 Å². The van der Waals surface area contributed by atoms with E-state index in [1.165, 1.54) is 11.0 Å². The number of carbonyl (C=O) groups excluding carboxylic acids is 2. The van der Waals surface area contributed by atoms with Crippen molar-refractivity contribution in [1.82, 2.24) is 9.88 Å². The maximum absolute atomic E-state index is 13.3. The number of amides is 1. The van der Waals surface area contributed by atoms with E-state index in [1.807, 2.05) is 30.1 Å². The number of hydrogen-bond donors (Lipinski definition) is 3. The second-order valence-corrected chi connectivity index (χ2v) is 9.31. The molecule has 3 heterocycles. The second-order valence-electron chi connectivity index (χ2n) is 9.31. The van der Waals surface area contributed by atoms with Crippen LogP contribution in [0.4, 0.5) is 0 Å². The van der Waals surface area contributed by atoms with Gasteiger partial charge in [0, 0.05) is 24.9 Å². The minimum Gasteiger partial charge on any atom is -0.507 e. The summed E-state index contributed by atoms with van der Waals surface area (Å²) in [5.41, 5.74) is 1.97. The Hall–Kier alpha value is -4.27. The fraction of sp³-hybridized carbons (Fsp3) is 0.321.